The zero-order valence-electron chi connectivity index (χ0n) is 14.6. The summed E-state index contributed by atoms with van der Waals surface area (Å²) in [6.45, 7) is 0.118. The molecular weight excluding hydrogens is 389 g/mol. The summed E-state index contributed by atoms with van der Waals surface area (Å²) < 4.78 is 21.2. The molecule has 0 atom stereocenters. The predicted molar refractivity (Wildman–Crippen MR) is 102 cm³/mol. The molecule has 1 aromatic heterocycles. The third kappa shape index (κ3) is 3.70. The number of ether oxygens (including phenoxy) is 1. The van der Waals surface area contributed by atoms with Crippen molar-refractivity contribution in [2.24, 2.45) is 0 Å². The predicted octanol–water partition coefficient (Wildman–Crippen LogP) is 4.04. The van der Waals surface area contributed by atoms with E-state index in [2.05, 4.69) is 0 Å². The highest BCUT2D eigenvalue weighted by atomic mass is 35.5. The fourth-order valence-electron chi connectivity index (χ4n) is 2.91. The zero-order valence-corrected chi connectivity index (χ0v) is 15.4. The van der Waals surface area contributed by atoms with Crippen molar-refractivity contribution in [1.82, 2.24) is 4.57 Å². The highest BCUT2D eigenvalue weighted by molar-refractivity contribution is 6.38. The minimum Gasteiger partial charge on any atom is -0.507 e. The van der Waals surface area contributed by atoms with E-state index in [1.54, 1.807) is 34.9 Å². The number of nitrogens with zero attached hydrogens (tertiary/aromatic N) is 1. The summed E-state index contributed by atoms with van der Waals surface area (Å²) in [5.74, 6) is -3.56. The molecule has 144 valence electrons. The number of ketones is 1. The van der Waals surface area contributed by atoms with Crippen LogP contribution in [0.3, 0.4) is 0 Å². The fraction of sp³-hybridized carbons (Fsp3) is 0.100. The number of carboxylic acid groups (broad SMARTS) is 1. The van der Waals surface area contributed by atoms with Crippen molar-refractivity contribution < 1.29 is 28.9 Å². The van der Waals surface area contributed by atoms with E-state index in [4.69, 9.17) is 21.4 Å². The Labute approximate surface area is 164 Å². The number of fused-ring (bicyclic) bond motifs is 1. The van der Waals surface area contributed by atoms with E-state index in [1.807, 2.05) is 0 Å². The average Bonchev–Trinajstić information content (AvgIpc) is 3.02. The molecule has 28 heavy (non-hydrogen) atoms. The molecule has 0 aliphatic carbocycles. The largest absolute Gasteiger partial charge is 0.507 e. The van der Waals surface area contributed by atoms with Crippen LogP contribution in [0.15, 0.2) is 48.7 Å². The van der Waals surface area contributed by atoms with Crippen LogP contribution in [0.4, 0.5) is 4.39 Å². The maximum atomic E-state index is 14.2. The van der Waals surface area contributed by atoms with E-state index in [-0.39, 0.29) is 17.1 Å². The van der Waals surface area contributed by atoms with E-state index in [9.17, 15) is 19.1 Å². The monoisotopic (exact) mass is 403 g/mol. The van der Waals surface area contributed by atoms with Gasteiger partial charge < -0.3 is 19.5 Å². The molecule has 0 unspecified atom stereocenters. The minimum atomic E-state index is -1.69. The Kier molecular flexibility index (Phi) is 5.37. The standard InChI is InChI=1S/C20H15ClFNO5/c1-28-18-4-2-3-15-19(18)13(16(24)8-17(25)20(26)27)10-23(15)9-11-5-6-12(21)7-14(11)22/h2-8,10,24H,9H2,1H3,(H,26,27)/b16-8-. The van der Waals surface area contributed by atoms with Crippen molar-refractivity contribution in [3.8, 4) is 5.75 Å². The van der Waals surface area contributed by atoms with Crippen molar-refractivity contribution in [1.29, 1.82) is 0 Å². The molecule has 0 bridgehead atoms. The van der Waals surface area contributed by atoms with E-state index >= 15 is 0 Å². The average molecular weight is 404 g/mol. The highest BCUT2D eigenvalue weighted by Gasteiger charge is 2.19. The molecular formula is C20H15ClFNO5. The number of halogens is 2. The molecule has 2 aromatic carbocycles. The SMILES string of the molecule is COc1cccc2c1c(/C(O)=C/C(=O)C(=O)O)cn2Cc1ccc(Cl)cc1F. The molecule has 2 N–H and O–H groups in total. The second-order valence-electron chi connectivity index (χ2n) is 5.96. The summed E-state index contributed by atoms with van der Waals surface area (Å²) in [7, 11) is 1.44. The summed E-state index contributed by atoms with van der Waals surface area (Å²) in [6, 6.07) is 9.44. The van der Waals surface area contributed by atoms with Crippen LogP contribution in [0.1, 0.15) is 11.1 Å². The molecule has 0 spiro atoms. The van der Waals surface area contributed by atoms with Gasteiger partial charge in [-0.05, 0) is 24.3 Å². The molecule has 0 amide bonds. The molecule has 6 nitrogen and oxygen atoms in total. The lowest BCUT2D eigenvalue weighted by Crippen LogP contribution is -2.09. The highest BCUT2D eigenvalue weighted by Crippen LogP contribution is 2.34. The summed E-state index contributed by atoms with van der Waals surface area (Å²) >= 11 is 5.79. The van der Waals surface area contributed by atoms with Crippen LogP contribution < -0.4 is 4.74 Å². The van der Waals surface area contributed by atoms with Gasteiger partial charge >= 0.3 is 5.97 Å². The summed E-state index contributed by atoms with van der Waals surface area (Å²) in [5.41, 5.74) is 1.16. The van der Waals surface area contributed by atoms with Crippen LogP contribution in [0.2, 0.25) is 5.02 Å². The number of carboxylic acids is 1. The third-order valence-corrected chi connectivity index (χ3v) is 4.43. The number of aromatic nitrogens is 1. The smallest absolute Gasteiger partial charge is 0.376 e. The second-order valence-corrected chi connectivity index (χ2v) is 6.40. The van der Waals surface area contributed by atoms with E-state index in [0.29, 0.717) is 28.3 Å². The quantitative estimate of drug-likeness (QED) is 0.368. The molecule has 3 aromatic rings. The maximum Gasteiger partial charge on any atom is 0.376 e. The molecule has 0 aliphatic heterocycles. The molecule has 0 radical (unpaired) electrons. The molecule has 3 rings (SSSR count). The van der Waals surface area contributed by atoms with Crippen LogP contribution >= 0.6 is 11.6 Å². The molecule has 0 fully saturated rings. The van der Waals surface area contributed by atoms with Crippen LogP contribution in [0, 0.1) is 5.82 Å². The first-order valence-electron chi connectivity index (χ1n) is 8.10. The van der Waals surface area contributed by atoms with Gasteiger partial charge in [-0.15, -0.1) is 0 Å². The Bertz CT molecular complexity index is 1120. The van der Waals surface area contributed by atoms with Gasteiger partial charge in [-0.25, -0.2) is 9.18 Å². The number of aliphatic carboxylic acids is 1. The normalized spacial score (nSPS) is 11.6. The van der Waals surface area contributed by atoms with Crippen molar-refractivity contribution in [2.75, 3.05) is 7.11 Å². The van der Waals surface area contributed by atoms with Gasteiger partial charge in [0, 0.05) is 28.4 Å². The molecule has 8 heteroatoms. The van der Waals surface area contributed by atoms with Gasteiger partial charge in [-0.1, -0.05) is 23.7 Å². The van der Waals surface area contributed by atoms with Gasteiger partial charge in [-0.3, -0.25) is 4.79 Å². The third-order valence-electron chi connectivity index (χ3n) is 4.20. The Morgan fingerprint density at radius 2 is 2.00 bits per heavy atom. The zero-order chi connectivity index (χ0) is 20.4. The number of carbonyl (C=O) groups excluding carboxylic acids is 1. The topological polar surface area (TPSA) is 88.8 Å². The summed E-state index contributed by atoms with van der Waals surface area (Å²) in [6.07, 6.45) is 2.12. The van der Waals surface area contributed by atoms with Gasteiger partial charge in [0.1, 0.15) is 17.3 Å². The summed E-state index contributed by atoms with van der Waals surface area (Å²) in [4.78, 5) is 22.2. The van der Waals surface area contributed by atoms with Gasteiger partial charge in [0.15, 0.2) is 0 Å². The Hall–Kier alpha value is -3.32. The van der Waals surface area contributed by atoms with Crippen molar-refractivity contribution in [2.45, 2.75) is 6.54 Å². The van der Waals surface area contributed by atoms with Crippen molar-refractivity contribution >= 4 is 40.0 Å². The number of hydrogen-bond donors (Lipinski definition) is 2. The van der Waals surface area contributed by atoms with E-state index in [1.165, 1.54) is 19.4 Å². The first-order valence-corrected chi connectivity index (χ1v) is 8.47. The van der Waals surface area contributed by atoms with Crippen molar-refractivity contribution in [3.05, 3.63) is 70.6 Å². The number of methoxy groups -OCH3 is 1. The minimum absolute atomic E-state index is 0.118. The van der Waals surface area contributed by atoms with Crippen LogP contribution in [0.25, 0.3) is 16.7 Å². The van der Waals surface area contributed by atoms with Crippen LogP contribution in [-0.4, -0.2) is 33.6 Å². The Morgan fingerprint density at radius 1 is 1.25 bits per heavy atom. The Balaban J connectivity index is 2.17. The second kappa shape index (κ2) is 7.74. The number of benzene rings is 2. The Morgan fingerprint density at radius 3 is 2.64 bits per heavy atom. The molecule has 1 heterocycles. The summed E-state index contributed by atoms with van der Waals surface area (Å²) in [5, 5.41) is 19.8. The molecule has 0 saturated heterocycles. The van der Waals surface area contributed by atoms with Gasteiger partial charge in [-0.2, -0.15) is 0 Å². The van der Waals surface area contributed by atoms with Gasteiger partial charge in [0.05, 0.1) is 24.6 Å². The van der Waals surface area contributed by atoms with Crippen molar-refractivity contribution in [3.63, 3.8) is 0 Å². The fourth-order valence-corrected chi connectivity index (χ4v) is 3.07. The number of hydrogen-bond acceptors (Lipinski definition) is 4. The number of carbonyl (C=O) groups is 2. The number of aliphatic hydroxyl groups excluding tert-OH is 1. The lowest BCUT2D eigenvalue weighted by molar-refractivity contribution is -0.146. The molecule has 0 aliphatic rings. The van der Waals surface area contributed by atoms with E-state index in [0.717, 1.165) is 0 Å². The van der Waals surface area contributed by atoms with Gasteiger partial charge in [0.2, 0.25) is 0 Å². The maximum absolute atomic E-state index is 14.2. The number of rotatable bonds is 6. The molecule has 0 saturated carbocycles. The van der Waals surface area contributed by atoms with Gasteiger partial charge in [0.25, 0.3) is 5.78 Å². The van der Waals surface area contributed by atoms with Crippen LogP contribution in [-0.2, 0) is 16.1 Å². The first-order chi connectivity index (χ1) is 13.3. The first kappa shape index (κ1) is 19.4. The lowest BCUT2D eigenvalue weighted by atomic mass is 10.1. The van der Waals surface area contributed by atoms with E-state index < -0.39 is 23.3 Å². The number of aliphatic hydroxyl groups is 1. The lowest BCUT2D eigenvalue weighted by Gasteiger charge is -2.08. The van der Waals surface area contributed by atoms with Crippen LogP contribution in [0.5, 0.6) is 5.75 Å².